The summed E-state index contributed by atoms with van der Waals surface area (Å²) in [6.45, 7) is 6.03. The fourth-order valence-corrected chi connectivity index (χ4v) is 1.32. The number of nitrogens with zero attached hydrogens (tertiary/aromatic N) is 2. The molecule has 0 aliphatic heterocycles. The Hall–Kier alpha value is -1.03. The lowest BCUT2D eigenvalue weighted by Gasteiger charge is -2.23. The van der Waals surface area contributed by atoms with Gasteiger partial charge in [-0.2, -0.15) is 0 Å². The molecule has 1 rings (SSSR count). The number of rotatable bonds is 5. The fourth-order valence-electron chi connectivity index (χ4n) is 1.32. The number of hydrogen-bond donors (Lipinski definition) is 1. The molecule has 1 aromatic heterocycles. The second kappa shape index (κ2) is 5.00. The van der Waals surface area contributed by atoms with Gasteiger partial charge in [0.1, 0.15) is 0 Å². The minimum atomic E-state index is -0.0254. The summed E-state index contributed by atoms with van der Waals surface area (Å²) in [5, 5.41) is 0. The molecule has 0 radical (unpaired) electrons. The van der Waals surface area contributed by atoms with Gasteiger partial charge in [-0.1, -0.05) is 6.92 Å². The van der Waals surface area contributed by atoms with Crippen molar-refractivity contribution in [3.63, 3.8) is 0 Å². The van der Waals surface area contributed by atoms with Crippen LogP contribution < -0.4 is 5.69 Å². The molecule has 0 aliphatic carbocycles. The van der Waals surface area contributed by atoms with Crippen LogP contribution in [-0.2, 0) is 6.54 Å². The van der Waals surface area contributed by atoms with Crippen LogP contribution >= 0.6 is 0 Å². The number of hydrogen-bond acceptors (Lipinski definition) is 2. The van der Waals surface area contributed by atoms with Crippen LogP contribution in [0.5, 0.6) is 0 Å². The van der Waals surface area contributed by atoms with Crippen molar-refractivity contribution in [2.24, 2.45) is 0 Å². The maximum atomic E-state index is 11.2. The monoisotopic (exact) mass is 197 g/mol. The van der Waals surface area contributed by atoms with Gasteiger partial charge in [-0.05, 0) is 20.4 Å². The molecule has 0 fully saturated rings. The lowest BCUT2D eigenvalue weighted by molar-refractivity contribution is 0.241. The first-order chi connectivity index (χ1) is 6.65. The summed E-state index contributed by atoms with van der Waals surface area (Å²) in [5.74, 6) is 0. The van der Waals surface area contributed by atoms with Gasteiger partial charge in [0.25, 0.3) is 0 Å². The maximum Gasteiger partial charge on any atom is 0.325 e. The van der Waals surface area contributed by atoms with Crippen LogP contribution in [0.2, 0.25) is 0 Å². The zero-order valence-corrected chi connectivity index (χ0v) is 9.16. The lowest BCUT2D eigenvalue weighted by Crippen LogP contribution is -2.33. The second-order valence-electron chi connectivity index (χ2n) is 3.70. The van der Waals surface area contributed by atoms with Gasteiger partial charge in [0.2, 0.25) is 0 Å². The first-order valence-corrected chi connectivity index (χ1v) is 5.09. The predicted molar refractivity (Wildman–Crippen MR) is 57.4 cm³/mol. The third kappa shape index (κ3) is 2.73. The van der Waals surface area contributed by atoms with E-state index in [0.717, 1.165) is 19.5 Å². The molecule has 4 heteroatoms. The molecule has 0 aliphatic rings. The molecule has 0 aromatic carbocycles. The van der Waals surface area contributed by atoms with Crippen LogP contribution in [0.4, 0.5) is 0 Å². The Balaban J connectivity index is 2.41. The van der Waals surface area contributed by atoms with E-state index in [-0.39, 0.29) is 5.69 Å². The van der Waals surface area contributed by atoms with Crippen molar-refractivity contribution < 1.29 is 0 Å². The summed E-state index contributed by atoms with van der Waals surface area (Å²) in [6.07, 6.45) is 4.59. The molecule has 4 nitrogen and oxygen atoms in total. The first kappa shape index (κ1) is 11.0. The van der Waals surface area contributed by atoms with E-state index >= 15 is 0 Å². The molecule has 1 atom stereocenters. The van der Waals surface area contributed by atoms with Gasteiger partial charge in [0.05, 0.1) is 0 Å². The van der Waals surface area contributed by atoms with Gasteiger partial charge in [-0.15, -0.1) is 0 Å². The average Bonchev–Trinajstić information content (AvgIpc) is 2.59. The first-order valence-electron chi connectivity index (χ1n) is 5.09. The predicted octanol–water partition coefficient (Wildman–Crippen LogP) is 0.907. The van der Waals surface area contributed by atoms with Gasteiger partial charge in [0, 0.05) is 31.5 Å². The molecule has 0 bridgehead atoms. The highest BCUT2D eigenvalue weighted by Crippen LogP contribution is 1.99. The summed E-state index contributed by atoms with van der Waals surface area (Å²) in [4.78, 5) is 16.0. The fraction of sp³-hybridized carbons (Fsp3) is 0.700. The van der Waals surface area contributed by atoms with E-state index < -0.39 is 0 Å². The molecule has 1 aromatic rings. The maximum absolute atomic E-state index is 11.2. The van der Waals surface area contributed by atoms with Crippen molar-refractivity contribution in [2.75, 3.05) is 13.6 Å². The van der Waals surface area contributed by atoms with E-state index in [1.54, 1.807) is 17.0 Å². The van der Waals surface area contributed by atoms with Crippen molar-refractivity contribution in [1.29, 1.82) is 0 Å². The number of likely N-dealkylation sites (N-methyl/N-ethyl adjacent to an activating group) is 1. The Morgan fingerprint density at radius 3 is 2.86 bits per heavy atom. The van der Waals surface area contributed by atoms with Crippen LogP contribution in [0.3, 0.4) is 0 Å². The SMILES string of the molecule is CCC(C)N(C)CCn1cc[nH]c1=O. The van der Waals surface area contributed by atoms with Crippen LogP contribution in [0.15, 0.2) is 17.2 Å². The lowest BCUT2D eigenvalue weighted by atomic mass is 10.2. The van der Waals surface area contributed by atoms with E-state index in [1.165, 1.54) is 0 Å². The number of aromatic nitrogens is 2. The van der Waals surface area contributed by atoms with Crippen LogP contribution in [0, 0.1) is 0 Å². The van der Waals surface area contributed by atoms with Gasteiger partial charge < -0.3 is 9.88 Å². The van der Waals surface area contributed by atoms with Gasteiger partial charge in [-0.3, -0.25) is 4.57 Å². The Bertz CT molecular complexity index is 315. The van der Waals surface area contributed by atoms with Crippen molar-refractivity contribution in [1.82, 2.24) is 14.5 Å². The van der Waals surface area contributed by atoms with Crippen LogP contribution in [-0.4, -0.2) is 34.1 Å². The molecule has 0 spiro atoms. The summed E-state index contributed by atoms with van der Waals surface area (Å²) in [6, 6.07) is 0.574. The number of H-pyrrole nitrogens is 1. The highest BCUT2D eigenvalue weighted by molar-refractivity contribution is 4.76. The normalized spacial score (nSPS) is 13.4. The zero-order valence-electron chi connectivity index (χ0n) is 9.16. The molecule has 1 unspecified atom stereocenters. The molecule has 1 heterocycles. The Labute approximate surface area is 84.5 Å². The topological polar surface area (TPSA) is 41.0 Å². The average molecular weight is 197 g/mol. The van der Waals surface area contributed by atoms with Crippen molar-refractivity contribution in [2.45, 2.75) is 32.9 Å². The molecule has 0 saturated carbocycles. The summed E-state index contributed by atoms with van der Waals surface area (Å²) >= 11 is 0. The molecular weight excluding hydrogens is 178 g/mol. The zero-order chi connectivity index (χ0) is 10.6. The van der Waals surface area contributed by atoms with Crippen molar-refractivity contribution in [3.8, 4) is 0 Å². The van der Waals surface area contributed by atoms with Crippen molar-refractivity contribution in [3.05, 3.63) is 22.9 Å². The number of nitrogens with one attached hydrogen (secondary N) is 1. The third-order valence-corrected chi connectivity index (χ3v) is 2.76. The highest BCUT2D eigenvalue weighted by atomic mass is 16.1. The smallest absolute Gasteiger partial charge is 0.313 e. The van der Waals surface area contributed by atoms with Crippen LogP contribution in [0.25, 0.3) is 0 Å². The largest absolute Gasteiger partial charge is 0.325 e. The van der Waals surface area contributed by atoms with Gasteiger partial charge >= 0.3 is 5.69 Å². The van der Waals surface area contributed by atoms with E-state index in [1.807, 2.05) is 0 Å². The summed E-state index contributed by atoms with van der Waals surface area (Å²) in [5.41, 5.74) is -0.0254. The third-order valence-electron chi connectivity index (χ3n) is 2.76. The van der Waals surface area contributed by atoms with E-state index in [9.17, 15) is 4.79 Å². The number of imidazole rings is 1. The Morgan fingerprint density at radius 2 is 2.36 bits per heavy atom. The molecular formula is C10H19N3O. The van der Waals surface area contributed by atoms with Crippen molar-refractivity contribution >= 4 is 0 Å². The number of aromatic amines is 1. The Morgan fingerprint density at radius 1 is 1.64 bits per heavy atom. The second-order valence-corrected chi connectivity index (χ2v) is 3.70. The quantitative estimate of drug-likeness (QED) is 0.762. The highest BCUT2D eigenvalue weighted by Gasteiger charge is 2.06. The Kier molecular flexibility index (Phi) is 3.95. The minimum absolute atomic E-state index is 0.0254. The summed E-state index contributed by atoms with van der Waals surface area (Å²) < 4.78 is 1.69. The van der Waals surface area contributed by atoms with E-state index in [2.05, 4.69) is 30.8 Å². The standard InChI is InChI=1S/C10H19N3O/c1-4-9(2)12(3)7-8-13-6-5-11-10(13)14/h5-6,9H,4,7-8H2,1-3H3,(H,11,14). The molecule has 0 amide bonds. The summed E-state index contributed by atoms with van der Waals surface area (Å²) in [7, 11) is 2.09. The molecule has 1 N–H and O–H groups in total. The van der Waals surface area contributed by atoms with E-state index in [4.69, 9.17) is 0 Å². The van der Waals surface area contributed by atoms with Gasteiger partial charge in [0.15, 0.2) is 0 Å². The molecule has 80 valence electrons. The van der Waals surface area contributed by atoms with Gasteiger partial charge in [-0.25, -0.2) is 4.79 Å². The van der Waals surface area contributed by atoms with E-state index in [0.29, 0.717) is 6.04 Å². The molecule has 0 saturated heterocycles. The minimum Gasteiger partial charge on any atom is -0.313 e. The molecule has 14 heavy (non-hydrogen) atoms. The van der Waals surface area contributed by atoms with Crippen LogP contribution in [0.1, 0.15) is 20.3 Å².